The SMILES string of the molecule is CC(C)CC1(C(=O)N2CCc3ncc(C(F)(F)F)cc3C2)CCN(Cc2ccc3c(c2)oc(=O)n3C)CC1. The first kappa shape index (κ1) is 26.5. The molecular weight excluding hydrogens is 497 g/mol. The molecule has 0 atom stereocenters. The quantitative estimate of drug-likeness (QED) is 0.476. The third kappa shape index (κ3) is 5.10. The fourth-order valence-electron chi connectivity index (χ4n) is 6.05. The van der Waals surface area contributed by atoms with Crippen molar-refractivity contribution in [2.24, 2.45) is 18.4 Å². The highest BCUT2D eigenvalue weighted by molar-refractivity contribution is 5.83. The number of halogens is 3. The fourth-order valence-corrected chi connectivity index (χ4v) is 6.05. The number of hydrogen-bond donors (Lipinski definition) is 0. The van der Waals surface area contributed by atoms with Crippen molar-refractivity contribution in [1.82, 2.24) is 19.4 Å². The molecule has 1 fully saturated rings. The molecule has 0 N–H and O–H groups in total. The van der Waals surface area contributed by atoms with E-state index in [4.69, 9.17) is 4.42 Å². The normalized spacial score (nSPS) is 18.2. The topological polar surface area (TPSA) is 71.6 Å². The van der Waals surface area contributed by atoms with Crippen LogP contribution in [0.1, 0.15) is 55.5 Å². The summed E-state index contributed by atoms with van der Waals surface area (Å²) in [5.41, 5.74) is 2.16. The molecule has 0 radical (unpaired) electrons. The number of alkyl halides is 3. The number of aryl methyl sites for hydroxylation is 1. The van der Waals surface area contributed by atoms with Gasteiger partial charge in [-0.25, -0.2) is 4.79 Å². The molecule has 0 saturated carbocycles. The van der Waals surface area contributed by atoms with Crippen LogP contribution in [0, 0.1) is 11.3 Å². The molecule has 3 aromatic rings. The van der Waals surface area contributed by atoms with Crippen LogP contribution in [0.15, 0.2) is 39.7 Å². The number of likely N-dealkylation sites (tertiary alicyclic amines) is 1. The van der Waals surface area contributed by atoms with Gasteiger partial charge in [-0.15, -0.1) is 0 Å². The van der Waals surface area contributed by atoms with E-state index in [1.807, 2.05) is 18.2 Å². The third-order valence-electron chi connectivity index (χ3n) is 7.98. The summed E-state index contributed by atoms with van der Waals surface area (Å²) < 4.78 is 46.6. The first-order valence-electron chi connectivity index (χ1n) is 13.1. The van der Waals surface area contributed by atoms with Crippen molar-refractivity contribution >= 4 is 17.0 Å². The second-order valence-electron chi connectivity index (χ2n) is 11.2. The van der Waals surface area contributed by atoms with Crippen LogP contribution < -0.4 is 5.76 Å². The second kappa shape index (κ2) is 9.87. The summed E-state index contributed by atoms with van der Waals surface area (Å²) in [5, 5.41) is 0. The van der Waals surface area contributed by atoms with Gasteiger partial charge in [-0.3, -0.25) is 19.2 Å². The van der Waals surface area contributed by atoms with E-state index in [1.165, 1.54) is 4.57 Å². The van der Waals surface area contributed by atoms with E-state index in [0.717, 1.165) is 42.9 Å². The van der Waals surface area contributed by atoms with E-state index in [2.05, 4.69) is 23.7 Å². The van der Waals surface area contributed by atoms with E-state index >= 15 is 0 Å². The maximum atomic E-state index is 14.0. The first-order chi connectivity index (χ1) is 17.9. The average Bonchev–Trinajstić information content (AvgIpc) is 3.15. The predicted molar refractivity (Wildman–Crippen MR) is 136 cm³/mol. The number of carbonyl (C=O) groups is 1. The number of fused-ring (bicyclic) bond motifs is 2. The molecule has 0 aliphatic carbocycles. The Morgan fingerprint density at radius 3 is 2.58 bits per heavy atom. The number of rotatable bonds is 5. The summed E-state index contributed by atoms with van der Waals surface area (Å²) in [4.78, 5) is 33.9. The number of nitrogens with zero attached hydrogens (tertiary/aromatic N) is 4. The van der Waals surface area contributed by atoms with Crippen LogP contribution in [0.4, 0.5) is 13.2 Å². The number of aromatic nitrogens is 2. The van der Waals surface area contributed by atoms with E-state index in [1.54, 1.807) is 11.9 Å². The van der Waals surface area contributed by atoms with Gasteiger partial charge in [-0.1, -0.05) is 19.9 Å². The highest BCUT2D eigenvalue weighted by Crippen LogP contribution is 2.41. The lowest BCUT2D eigenvalue weighted by Gasteiger charge is -2.45. The average molecular weight is 531 g/mol. The van der Waals surface area contributed by atoms with Gasteiger partial charge in [0.15, 0.2) is 5.58 Å². The highest BCUT2D eigenvalue weighted by atomic mass is 19.4. The Morgan fingerprint density at radius 2 is 1.89 bits per heavy atom. The number of hydrogen-bond acceptors (Lipinski definition) is 5. The van der Waals surface area contributed by atoms with Crippen LogP contribution in [0.3, 0.4) is 0 Å². The second-order valence-corrected chi connectivity index (χ2v) is 11.2. The van der Waals surface area contributed by atoms with Crippen molar-refractivity contribution in [2.75, 3.05) is 19.6 Å². The Labute approximate surface area is 219 Å². The number of piperidine rings is 1. The van der Waals surface area contributed by atoms with Gasteiger partial charge in [0.25, 0.3) is 0 Å². The molecule has 2 aliphatic heterocycles. The molecule has 5 rings (SSSR count). The summed E-state index contributed by atoms with van der Waals surface area (Å²) >= 11 is 0. The number of amides is 1. The lowest BCUT2D eigenvalue weighted by Crippen LogP contribution is -2.51. The minimum Gasteiger partial charge on any atom is -0.408 e. The molecule has 0 unspecified atom stereocenters. The van der Waals surface area contributed by atoms with Crippen molar-refractivity contribution in [3.05, 3.63) is 63.4 Å². The minimum atomic E-state index is -4.46. The van der Waals surface area contributed by atoms with Gasteiger partial charge < -0.3 is 9.32 Å². The maximum absolute atomic E-state index is 14.0. The standard InChI is InChI=1S/C28H33F3N4O3/c1-18(2)14-27(25(36)35-9-6-22-20(17-35)13-21(15-32-22)28(29,30)31)7-10-34(11-8-27)16-19-4-5-23-24(12-19)38-26(37)33(23)3/h4-5,12-13,15,18H,6-11,14,16-17H2,1-3H3. The molecule has 7 nitrogen and oxygen atoms in total. The van der Waals surface area contributed by atoms with Crippen LogP contribution in [-0.4, -0.2) is 44.9 Å². The Bertz CT molecular complexity index is 1400. The number of pyridine rings is 1. The van der Waals surface area contributed by atoms with Gasteiger partial charge in [0.05, 0.1) is 16.5 Å². The molecular formula is C28H33F3N4O3. The monoisotopic (exact) mass is 530 g/mol. The van der Waals surface area contributed by atoms with Crippen molar-refractivity contribution < 1.29 is 22.4 Å². The molecule has 1 saturated heterocycles. The van der Waals surface area contributed by atoms with Crippen molar-refractivity contribution in [3.63, 3.8) is 0 Å². The first-order valence-corrected chi connectivity index (χ1v) is 13.1. The van der Waals surface area contributed by atoms with Gasteiger partial charge in [-0.05, 0) is 67.6 Å². The summed E-state index contributed by atoms with van der Waals surface area (Å²) in [7, 11) is 1.68. The molecule has 4 heterocycles. The van der Waals surface area contributed by atoms with E-state index < -0.39 is 22.9 Å². The molecule has 204 valence electrons. The summed E-state index contributed by atoms with van der Waals surface area (Å²) in [5.74, 6) is -0.0382. The summed E-state index contributed by atoms with van der Waals surface area (Å²) in [6.07, 6.45) is -0.994. The molecule has 10 heteroatoms. The van der Waals surface area contributed by atoms with Crippen LogP contribution in [0.5, 0.6) is 0 Å². The third-order valence-corrected chi connectivity index (χ3v) is 7.98. The predicted octanol–water partition coefficient (Wildman–Crippen LogP) is 4.76. The molecule has 38 heavy (non-hydrogen) atoms. The zero-order valence-corrected chi connectivity index (χ0v) is 22.0. The van der Waals surface area contributed by atoms with E-state index in [9.17, 15) is 22.8 Å². The van der Waals surface area contributed by atoms with Gasteiger partial charge in [0.1, 0.15) is 0 Å². The molecule has 1 amide bonds. The number of oxazole rings is 1. The zero-order valence-electron chi connectivity index (χ0n) is 22.0. The van der Waals surface area contributed by atoms with Gasteiger partial charge >= 0.3 is 11.9 Å². The van der Waals surface area contributed by atoms with Crippen LogP contribution in [0.25, 0.3) is 11.1 Å². The maximum Gasteiger partial charge on any atom is 0.419 e. The zero-order chi connectivity index (χ0) is 27.2. The lowest BCUT2D eigenvalue weighted by molar-refractivity contribution is -0.147. The molecule has 0 spiro atoms. The van der Waals surface area contributed by atoms with Crippen molar-refractivity contribution in [1.29, 1.82) is 0 Å². The van der Waals surface area contributed by atoms with Crippen LogP contribution >= 0.6 is 0 Å². The lowest BCUT2D eigenvalue weighted by atomic mass is 9.71. The molecule has 0 bridgehead atoms. The van der Waals surface area contributed by atoms with Crippen LogP contribution in [-0.2, 0) is 37.5 Å². The largest absolute Gasteiger partial charge is 0.419 e. The van der Waals surface area contributed by atoms with Gasteiger partial charge in [0.2, 0.25) is 5.91 Å². The van der Waals surface area contributed by atoms with E-state index in [-0.39, 0.29) is 12.5 Å². The van der Waals surface area contributed by atoms with Gasteiger partial charge in [-0.2, -0.15) is 13.2 Å². The highest BCUT2D eigenvalue weighted by Gasteiger charge is 2.44. The fraction of sp³-hybridized carbons (Fsp3) is 0.536. The summed E-state index contributed by atoms with van der Waals surface area (Å²) in [6.45, 7) is 7.00. The Kier molecular flexibility index (Phi) is 6.87. The Balaban J connectivity index is 1.30. The molecule has 1 aromatic carbocycles. The minimum absolute atomic E-state index is 0.0430. The molecule has 2 aromatic heterocycles. The Morgan fingerprint density at radius 1 is 1.16 bits per heavy atom. The van der Waals surface area contributed by atoms with Crippen molar-refractivity contribution in [2.45, 2.75) is 58.8 Å². The van der Waals surface area contributed by atoms with E-state index in [0.29, 0.717) is 55.1 Å². The smallest absolute Gasteiger partial charge is 0.408 e. The molecule has 2 aliphatic rings. The van der Waals surface area contributed by atoms with Crippen LogP contribution in [0.2, 0.25) is 0 Å². The summed E-state index contributed by atoms with van der Waals surface area (Å²) in [6, 6.07) is 6.92. The van der Waals surface area contributed by atoms with Gasteiger partial charge in [0, 0.05) is 45.0 Å². The number of benzene rings is 1. The Hall–Kier alpha value is -3.14. The van der Waals surface area contributed by atoms with Crippen molar-refractivity contribution in [3.8, 4) is 0 Å². The number of carbonyl (C=O) groups excluding carboxylic acids is 1.